The molecule has 0 bridgehead atoms. The Bertz CT molecular complexity index is 692. The topological polar surface area (TPSA) is 59.8 Å². The first-order valence-electron chi connectivity index (χ1n) is 6.45. The third-order valence-corrected chi connectivity index (χ3v) is 3.34. The molecule has 5 nitrogen and oxygen atoms in total. The lowest BCUT2D eigenvalue weighted by molar-refractivity contribution is -0.140. The van der Waals surface area contributed by atoms with Gasteiger partial charge in [-0.15, -0.1) is 0 Å². The Hall–Kier alpha value is -2.37. The molecule has 0 atom stereocenters. The molecule has 0 aliphatic heterocycles. The molecule has 2 rings (SSSR count). The number of halogens is 1. The van der Waals surface area contributed by atoms with Crippen LogP contribution in [0.15, 0.2) is 22.6 Å². The lowest BCUT2D eigenvalue weighted by atomic mass is 10.1. The summed E-state index contributed by atoms with van der Waals surface area (Å²) in [6.45, 7) is 1.90. The van der Waals surface area contributed by atoms with Gasteiger partial charge in [-0.3, -0.25) is 9.59 Å². The summed E-state index contributed by atoms with van der Waals surface area (Å²) in [5.41, 5.74) is 0.652. The molecule has 6 heteroatoms. The summed E-state index contributed by atoms with van der Waals surface area (Å²) in [5.74, 6) is -1.22. The average Bonchev–Trinajstić information content (AvgIpc) is 2.82. The number of amides is 1. The first kappa shape index (κ1) is 15.0. The summed E-state index contributed by atoms with van der Waals surface area (Å²) in [6, 6.07) is 4.54. The number of carbonyl (C=O) groups is 2. The van der Waals surface area contributed by atoms with Crippen LogP contribution in [0.3, 0.4) is 0 Å². The van der Waals surface area contributed by atoms with Crippen molar-refractivity contribution < 1.29 is 23.1 Å². The molecule has 21 heavy (non-hydrogen) atoms. The fraction of sp³-hybridized carbons (Fsp3) is 0.333. The first-order chi connectivity index (χ1) is 9.95. The van der Waals surface area contributed by atoms with Crippen LogP contribution in [0.2, 0.25) is 0 Å². The molecular weight excluding hydrogens is 277 g/mol. The van der Waals surface area contributed by atoms with Gasteiger partial charge in [0, 0.05) is 24.5 Å². The van der Waals surface area contributed by atoms with Crippen molar-refractivity contribution in [2.45, 2.75) is 13.3 Å². The van der Waals surface area contributed by atoms with E-state index in [1.54, 1.807) is 26.1 Å². The predicted molar refractivity (Wildman–Crippen MR) is 74.5 cm³/mol. The van der Waals surface area contributed by atoms with Crippen LogP contribution in [0.5, 0.6) is 0 Å². The van der Waals surface area contributed by atoms with E-state index >= 15 is 0 Å². The van der Waals surface area contributed by atoms with Gasteiger partial charge in [0.1, 0.15) is 0 Å². The fourth-order valence-corrected chi connectivity index (χ4v) is 2.05. The van der Waals surface area contributed by atoms with Crippen LogP contribution < -0.4 is 0 Å². The van der Waals surface area contributed by atoms with Gasteiger partial charge in [0.05, 0.1) is 13.5 Å². The molecule has 0 spiro atoms. The molecule has 112 valence electrons. The Balaban J connectivity index is 2.25. The molecule has 2 aromatic rings. The molecule has 0 saturated carbocycles. The van der Waals surface area contributed by atoms with E-state index in [0.717, 1.165) is 0 Å². The first-order valence-corrected chi connectivity index (χ1v) is 6.45. The van der Waals surface area contributed by atoms with E-state index < -0.39 is 17.7 Å². The number of fused-ring (bicyclic) bond motifs is 1. The minimum Gasteiger partial charge on any atom is -0.469 e. The van der Waals surface area contributed by atoms with Gasteiger partial charge in [-0.05, 0) is 13.0 Å². The van der Waals surface area contributed by atoms with E-state index in [0.29, 0.717) is 10.9 Å². The maximum absolute atomic E-state index is 13.7. The molecule has 0 N–H and O–H groups in total. The van der Waals surface area contributed by atoms with Crippen LogP contribution >= 0.6 is 0 Å². The van der Waals surface area contributed by atoms with Crippen molar-refractivity contribution in [1.29, 1.82) is 0 Å². The van der Waals surface area contributed by atoms with Gasteiger partial charge in [0.2, 0.25) is 0 Å². The molecule has 0 aliphatic rings. The largest absolute Gasteiger partial charge is 0.469 e. The number of hydrogen-bond donors (Lipinski definition) is 0. The van der Waals surface area contributed by atoms with E-state index in [-0.39, 0.29) is 24.3 Å². The quantitative estimate of drug-likeness (QED) is 0.813. The second kappa shape index (κ2) is 5.95. The van der Waals surface area contributed by atoms with E-state index in [1.807, 2.05) is 0 Å². The van der Waals surface area contributed by atoms with Crippen LogP contribution in [0.4, 0.5) is 4.39 Å². The second-order valence-electron chi connectivity index (χ2n) is 4.73. The number of esters is 1. The van der Waals surface area contributed by atoms with E-state index in [9.17, 15) is 14.0 Å². The molecule has 0 unspecified atom stereocenters. The Kier molecular flexibility index (Phi) is 4.26. The number of carbonyl (C=O) groups excluding carboxylic acids is 2. The number of rotatable bonds is 4. The second-order valence-corrected chi connectivity index (χ2v) is 4.73. The number of para-hydroxylation sites is 1. The number of nitrogens with zero attached hydrogens (tertiary/aromatic N) is 1. The summed E-state index contributed by atoms with van der Waals surface area (Å²) < 4.78 is 23.6. The van der Waals surface area contributed by atoms with Crippen molar-refractivity contribution in [2.24, 2.45) is 0 Å². The Labute approximate surface area is 121 Å². The summed E-state index contributed by atoms with van der Waals surface area (Å²) >= 11 is 0. The van der Waals surface area contributed by atoms with Crippen molar-refractivity contribution in [3.8, 4) is 0 Å². The van der Waals surface area contributed by atoms with Crippen molar-refractivity contribution in [1.82, 2.24) is 4.90 Å². The maximum atomic E-state index is 13.7. The highest BCUT2D eigenvalue weighted by molar-refractivity contribution is 5.99. The molecular formula is C15H16FNO4. The number of furan rings is 1. The summed E-state index contributed by atoms with van der Waals surface area (Å²) in [4.78, 5) is 24.7. The Morgan fingerprint density at radius 2 is 2.10 bits per heavy atom. The highest BCUT2D eigenvalue weighted by atomic mass is 19.1. The number of ether oxygens (including phenoxy) is 1. The lowest BCUT2D eigenvalue weighted by Gasteiger charge is -2.15. The van der Waals surface area contributed by atoms with E-state index in [1.165, 1.54) is 18.1 Å². The molecule has 1 amide bonds. The van der Waals surface area contributed by atoms with E-state index in [2.05, 4.69) is 4.74 Å². The van der Waals surface area contributed by atoms with Crippen LogP contribution in [0.1, 0.15) is 22.5 Å². The van der Waals surface area contributed by atoms with Crippen LogP contribution in [0.25, 0.3) is 11.0 Å². The van der Waals surface area contributed by atoms with Gasteiger partial charge < -0.3 is 14.1 Å². The van der Waals surface area contributed by atoms with Crippen molar-refractivity contribution in [3.63, 3.8) is 0 Å². The minimum absolute atomic E-state index is 0.0692. The highest BCUT2D eigenvalue weighted by Crippen LogP contribution is 2.27. The molecule has 1 heterocycles. The van der Waals surface area contributed by atoms with Crippen LogP contribution in [-0.4, -0.2) is 37.5 Å². The zero-order valence-electron chi connectivity index (χ0n) is 12.1. The van der Waals surface area contributed by atoms with Crippen LogP contribution in [-0.2, 0) is 9.53 Å². The third-order valence-electron chi connectivity index (χ3n) is 3.34. The SMILES string of the molecule is COC(=O)CCN(C)C(=O)c1oc2c(F)cccc2c1C. The number of hydrogen-bond acceptors (Lipinski definition) is 4. The summed E-state index contributed by atoms with van der Waals surface area (Å²) in [5, 5.41) is 0.569. The van der Waals surface area contributed by atoms with Crippen molar-refractivity contribution in [3.05, 3.63) is 35.3 Å². The van der Waals surface area contributed by atoms with Gasteiger partial charge in [0.15, 0.2) is 17.2 Å². The standard InChI is InChI=1S/C15H16FNO4/c1-9-10-5-4-6-11(16)14(10)21-13(9)15(19)17(2)8-7-12(18)20-3/h4-6H,7-8H2,1-3H3. The monoisotopic (exact) mass is 293 g/mol. The number of methoxy groups -OCH3 is 1. The van der Waals surface area contributed by atoms with Crippen molar-refractivity contribution >= 4 is 22.8 Å². The highest BCUT2D eigenvalue weighted by Gasteiger charge is 2.22. The molecule has 0 fully saturated rings. The van der Waals surface area contributed by atoms with Gasteiger partial charge in [-0.2, -0.15) is 0 Å². The van der Waals surface area contributed by atoms with Gasteiger partial charge >= 0.3 is 5.97 Å². The molecule has 0 radical (unpaired) electrons. The van der Waals surface area contributed by atoms with Gasteiger partial charge in [0.25, 0.3) is 5.91 Å². The van der Waals surface area contributed by atoms with E-state index in [4.69, 9.17) is 4.42 Å². The average molecular weight is 293 g/mol. The fourth-order valence-electron chi connectivity index (χ4n) is 2.05. The van der Waals surface area contributed by atoms with Gasteiger partial charge in [-0.1, -0.05) is 12.1 Å². The zero-order chi connectivity index (χ0) is 15.6. The molecule has 0 saturated heterocycles. The third kappa shape index (κ3) is 2.89. The number of aryl methyl sites for hydroxylation is 1. The summed E-state index contributed by atoms with van der Waals surface area (Å²) in [6.07, 6.45) is 0.0897. The zero-order valence-corrected chi connectivity index (χ0v) is 12.1. The van der Waals surface area contributed by atoms with Crippen LogP contribution in [0, 0.1) is 12.7 Å². The number of benzene rings is 1. The Morgan fingerprint density at radius 3 is 2.71 bits per heavy atom. The van der Waals surface area contributed by atoms with Crippen molar-refractivity contribution in [2.75, 3.05) is 20.7 Å². The lowest BCUT2D eigenvalue weighted by Crippen LogP contribution is -2.29. The smallest absolute Gasteiger partial charge is 0.307 e. The Morgan fingerprint density at radius 1 is 1.38 bits per heavy atom. The summed E-state index contributed by atoms with van der Waals surface area (Å²) in [7, 11) is 2.84. The van der Waals surface area contributed by atoms with Gasteiger partial charge in [-0.25, -0.2) is 4.39 Å². The normalized spacial score (nSPS) is 10.7. The maximum Gasteiger partial charge on any atom is 0.307 e. The predicted octanol–water partition coefficient (Wildman–Crippen LogP) is 2.52. The molecule has 1 aromatic carbocycles. The minimum atomic E-state index is -0.508. The molecule has 1 aromatic heterocycles. The molecule has 0 aliphatic carbocycles.